The van der Waals surface area contributed by atoms with Crippen molar-refractivity contribution in [3.63, 3.8) is 0 Å². The third-order valence-corrected chi connectivity index (χ3v) is 5.00. The first kappa shape index (κ1) is 19.2. The van der Waals surface area contributed by atoms with Crippen molar-refractivity contribution in [2.24, 2.45) is 0 Å². The zero-order chi connectivity index (χ0) is 19.2. The number of rotatable bonds is 5. The molecule has 1 N–H and O–H groups in total. The van der Waals surface area contributed by atoms with E-state index in [2.05, 4.69) is 11.4 Å². The molecular weight excluding hydrogens is 362 g/mol. The van der Waals surface area contributed by atoms with Gasteiger partial charge >= 0.3 is 5.97 Å². The quantitative estimate of drug-likeness (QED) is 0.611. The predicted molar refractivity (Wildman–Crippen MR) is 106 cm³/mol. The first-order valence-electron chi connectivity index (χ1n) is 9.06. The Morgan fingerprint density at radius 1 is 1.19 bits per heavy atom. The number of carbonyl (C=O) groups excluding carboxylic acids is 2. The summed E-state index contributed by atoms with van der Waals surface area (Å²) in [5, 5.41) is 3.55. The average Bonchev–Trinajstić information content (AvgIpc) is 2.67. The lowest BCUT2D eigenvalue weighted by atomic mass is 9.87. The molecule has 1 aliphatic carbocycles. The van der Waals surface area contributed by atoms with Gasteiger partial charge in [-0.15, -0.1) is 0 Å². The topological polar surface area (TPSA) is 55.4 Å². The fourth-order valence-electron chi connectivity index (χ4n) is 3.23. The van der Waals surface area contributed by atoms with Crippen LogP contribution in [0.25, 0.3) is 6.08 Å². The lowest BCUT2D eigenvalue weighted by Gasteiger charge is -2.27. The van der Waals surface area contributed by atoms with E-state index in [1.54, 1.807) is 25.1 Å². The zero-order valence-electron chi connectivity index (χ0n) is 15.2. The van der Waals surface area contributed by atoms with Crippen LogP contribution in [-0.4, -0.2) is 18.0 Å². The van der Waals surface area contributed by atoms with Gasteiger partial charge in [0.15, 0.2) is 6.10 Å². The van der Waals surface area contributed by atoms with Crippen molar-refractivity contribution < 1.29 is 14.3 Å². The molecule has 27 heavy (non-hydrogen) atoms. The molecule has 5 heteroatoms. The number of esters is 1. The van der Waals surface area contributed by atoms with Gasteiger partial charge in [-0.25, -0.2) is 4.79 Å². The summed E-state index contributed by atoms with van der Waals surface area (Å²) >= 11 is 6.05. The minimum atomic E-state index is -0.873. The van der Waals surface area contributed by atoms with Crippen LogP contribution in [0.5, 0.6) is 0 Å². The second-order valence-electron chi connectivity index (χ2n) is 6.59. The Morgan fingerprint density at radius 2 is 1.93 bits per heavy atom. The van der Waals surface area contributed by atoms with Crippen LogP contribution in [0.15, 0.2) is 54.6 Å². The standard InChI is InChI=1S/C22H22ClNO3/c1-15(27-21(25)14-13-17-8-3-5-11-19(17)23)22(26)24-20-12-6-9-16-7-2-4-10-18(16)20/h2-5,7-8,10-11,13-15,20H,6,9,12H2,1H3,(H,24,26)/b14-13+/t15-,20-/m1/s1. The van der Waals surface area contributed by atoms with Crippen molar-refractivity contribution in [1.29, 1.82) is 0 Å². The first-order valence-corrected chi connectivity index (χ1v) is 9.44. The largest absolute Gasteiger partial charge is 0.449 e. The van der Waals surface area contributed by atoms with E-state index >= 15 is 0 Å². The molecule has 0 radical (unpaired) electrons. The summed E-state index contributed by atoms with van der Waals surface area (Å²) in [6.07, 6.45) is 4.92. The van der Waals surface area contributed by atoms with Crippen LogP contribution in [0.2, 0.25) is 5.02 Å². The first-order chi connectivity index (χ1) is 13.0. The van der Waals surface area contributed by atoms with Gasteiger partial charge in [-0.2, -0.15) is 0 Å². The maximum Gasteiger partial charge on any atom is 0.331 e. The van der Waals surface area contributed by atoms with Crippen LogP contribution < -0.4 is 5.32 Å². The number of carbonyl (C=O) groups is 2. The summed E-state index contributed by atoms with van der Waals surface area (Å²) in [7, 11) is 0. The maximum atomic E-state index is 12.5. The monoisotopic (exact) mass is 383 g/mol. The molecule has 2 aromatic carbocycles. The van der Waals surface area contributed by atoms with Crippen LogP contribution in [0.4, 0.5) is 0 Å². The number of amides is 1. The Kier molecular flexibility index (Phi) is 6.30. The van der Waals surface area contributed by atoms with Crippen molar-refractivity contribution in [3.8, 4) is 0 Å². The molecule has 3 rings (SSSR count). The fraction of sp³-hybridized carbons (Fsp3) is 0.273. The highest BCUT2D eigenvalue weighted by Crippen LogP contribution is 2.29. The van der Waals surface area contributed by atoms with Crippen LogP contribution in [0.1, 0.15) is 42.5 Å². The van der Waals surface area contributed by atoms with E-state index in [1.165, 1.54) is 11.6 Å². The molecule has 140 valence electrons. The van der Waals surface area contributed by atoms with Gasteiger partial charge in [0.2, 0.25) is 0 Å². The lowest BCUT2D eigenvalue weighted by Crippen LogP contribution is -2.39. The van der Waals surface area contributed by atoms with E-state index < -0.39 is 12.1 Å². The molecule has 1 aliphatic rings. The zero-order valence-corrected chi connectivity index (χ0v) is 15.9. The number of ether oxygens (including phenoxy) is 1. The minimum Gasteiger partial charge on any atom is -0.449 e. The molecule has 4 nitrogen and oxygen atoms in total. The maximum absolute atomic E-state index is 12.5. The molecule has 2 atom stereocenters. The number of benzene rings is 2. The summed E-state index contributed by atoms with van der Waals surface area (Å²) in [6, 6.07) is 15.3. The summed E-state index contributed by atoms with van der Waals surface area (Å²) in [5.74, 6) is -0.877. The second-order valence-corrected chi connectivity index (χ2v) is 6.99. The van der Waals surface area contributed by atoms with E-state index in [0.29, 0.717) is 10.6 Å². The highest BCUT2D eigenvalue weighted by atomic mass is 35.5. The molecule has 0 aromatic heterocycles. The second kappa shape index (κ2) is 8.87. The van der Waals surface area contributed by atoms with Crippen LogP contribution in [-0.2, 0) is 20.7 Å². The number of hydrogen-bond acceptors (Lipinski definition) is 3. The fourth-order valence-corrected chi connectivity index (χ4v) is 3.43. The Balaban J connectivity index is 1.57. The summed E-state index contributed by atoms with van der Waals surface area (Å²) in [6.45, 7) is 1.57. The molecule has 0 saturated heterocycles. The Labute approximate surface area is 164 Å². The molecule has 0 spiro atoms. The van der Waals surface area contributed by atoms with E-state index in [4.69, 9.17) is 16.3 Å². The van der Waals surface area contributed by atoms with E-state index in [9.17, 15) is 9.59 Å². The highest BCUT2D eigenvalue weighted by molar-refractivity contribution is 6.32. The smallest absolute Gasteiger partial charge is 0.331 e. The SMILES string of the molecule is C[C@@H](OC(=O)/C=C/c1ccccc1Cl)C(=O)N[C@@H]1CCCc2ccccc21. The van der Waals surface area contributed by atoms with Gasteiger partial charge < -0.3 is 10.1 Å². The van der Waals surface area contributed by atoms with Crippen molar-refractivity contribution in [3.05, 3.63) is 76.3 Å². The normalized spacial score (nSPS) is 17.2. The molecule has 0 aliphatic heterocycles. The number of fused-ring (bicyclic) bond motifs is 1. The van der Waals surface area contributed by atoms with E-state index in [0.717, 1.165) is 24.8 Å². The number of aryl methyl sites for hydroxylation is 1. The average molecular weight is 384 g/mol. The molecule has 0 fully saturated rings. The molecule has 2 aromatic rings. The Bertz CT molecular complexity index is 862. The predicted octanol–water partition coefficient (Wildman–Crippen LogP) is 4.48. The van der Waals surface area contributed by atoms with Gasteiger partial charge in [0, 0.05) is 11.1 Å². The van der Waals surface area contributed by atoms with Gasteiger partial charge in [-0.05, 0) is 55.0 Å². The highest BCUT2D eigenvalue weighted by Gasteiger charge is 2.24. The van der Waals surface area contributed by atoms with Crippen molar-refractivity contribution in [2.45, 2.75) is 38.3 Å². The number of halogens is 1. The van der Waals surface area contributed by atoms with Crippen molar-refractivity contribution in [2.75, 3.05) is 0 Å². The summed E-state index contributed by atoms with van der Waals surface area (Å²) in [4.78, 5) is 24.5. The molecule has 0 heterocycles. The van der Waals surface area contributed by atoms with Gasteiger partial charge in [0.1, 0.15) is 0 Å². The Hall–Kier alpha value is -2.59. The summed E-state index contributed by atoms with van der Waals surface area (Å²) < 4.78 is 5.22. The van der Waals surface area contributed by atoms with E-state index in [1.807, 2.05) is 30.3 Å². The molecule has 0 unspecified atom stereocenters. The minimum absolute atomic E-state index is 0.0396. The number of nitrogens with one attached hydrogen (secondary N) is 1. The van der Waals surface area contributed by atoms with Crippen molar-refractivity contribution >= 4 is 29.6 Å². The molecule has 0 saturated carbocycles. The summed E-state index contributed by atoms with van der Waals surface area (Å²) in [5.41, 5.74) is 3.13. The van der Waals surface area contributed by atoms with E-state index in [-0.39, 0.29) is 11.9 Å². The van der Waals surface area contributed by atoms with Crippen LogP contribution in [0, 0.1) is 0 Å². The third-order valence-electron chi connectivity index (χ3n) is 4.65. The van der Waals surface area contributed by atoms with Crippen molar-refractivity contribution in [1.82, 2.24) is 5.32 Å². The third kappa shape index (κ3) is 4.98. The number of hydrogen-bond donors (Lipinski definition) is 1. The van der Waals surface area contributed by atoms with Gasteiger partial charge in [0.05, 0.1) is 6.04 Å². The van der Waals surface area contributed by atoms with Crippen LogP contribution in [0.3, 0.4) is 0 Å². The van der Waals surface area contributed by atoms with Gasteiger partial charge in [-0.1, -0.05) is 54.1 Å². The lowest BCUT2D eigenvalue weighted by molar-refractivity contribution is -0.150. The van der Waals surface area contributed by atoms with Gasteiger partial charge in [0.25, 0.3) is 5.91 Å². The van der Waals surface area contributed by atoms with Gasteiger partial charge in [-0.3, -0.25) is 4.79 Å². The molecular formula is C22H22ClNO3. The molecule has 1 amide bonds. The van der Waals surface area contributed by atoms with Crippen LogP contribution >= 0.6 is 11.6 Å². The Morgan fingerprint density at radius 3 is 2.74 bits per heavy atom. The molecule has 0 bridgehead atoms.